The van der Waals surface area contributed by atoms with Gasteiger partial charge in [0.15, 0.2) is 0 Å². The molecule has 2 saturated carbocycles. The molecule has 2 fully saturated rings. The monoisotopic (exact) mass is 1020 g/mol. The molecule has 73 heavy (non-hydrogen) atoms. The van der Waals surface area contributed by atoms with Crippen molar-refractivity contribution in [3.63, 3.8) is 0 Å². The van der Waals surface area contributed by atoms with Gasteiger partial charge in [-0.3, -0.25) is 4.79 Å². The molecule has 0 spiro atoms. The maximum absolute atomic E-state index is 15.7. The SMILES string of the molecule is CCC1(OC(=O)C(C)(CC)C(C)(CC)C(C)(CC)C(C)(CC)C(C)(CC)C(C)(CC)C(C)(CC)C(C)(CC)C(C)(CC)C(C)(CC)C(C)(CC)C(C)(CC)C(C)(CC)C(C)(CC)C(C)(C)CC)CC2CCC1C2. The lowest BCUT2D eigenvalue weighted by molar-refractivity contribution is -0.298. The number of carbonyl (C=O) groups is 1. The van der Waals surface area contributed by atoms with E-state index in [-0.39, 0.29) is 87.4 Å². The second-order valence-electron chi connectivity index (χ2n) is 30.2. The first-order valence-corrected chi connectivity index (χ1v) is 32.5. The summed E-state index contributed by atoms with van der Waals surface area (Å²) in [6, 6.07) is 0. The molecule has 0 amide bonds. The zero-order valence-electron chi connectivity index (χ0n) is 56.6. The molecule has 0 aromatic carbocycles. The van der Waals surface area contributed by atoms with Crippen LogP contribution in [0, 0.1) is 93.1 Å². The Kier molecular flexibility index (Phi) is 21.2. The van der Waals surface area contributed by atoms with E-state index in [0.29, 0.717) is 5.92 Å². The van der Waals surface area contributed by atoms with E-state index >= 15 is 4.79 Å². The van der Waals surface area contributed by atoms with E-state index in [0.717, 1.165) is 89.4 Å². The molecule has 2 nitrogen and oxygen atoms in total. The molecule has 0 N–H and O–H groups in total. The molecule has 2 aliphatic carbocycles. The summed E-state index contributed by atoms with van der Waals surface area (Å²) in [6.07, 6.45) is 22.2. The molecule has 434 valence electrons. The van der Waals surface area contributed by atoms with Crippen LogP contribution in [0.25, 0.3) is 0 Å². The number of esters is 1. The van der Waals surface area contributed by atoms with Gasteiger partial charge in [0, 0.05) is 0 Å². The van der Waals surface area contributed by atoms with Crippen LogP contribution in [0.15, 0.2) is 0 Å². The Morgan fingerprint density at radius 2 is 0.589 bits per heavy atom. The Morgan fingerprint density at radius 1 is 0.342 bits per heavy atom. The van der Waals surface area contributed by atoms with Crippen LogP contribution in [0.1, 0.15) is 350 Å². The van der Waals surface area contributed by atoms with Crippen molar-refractivity contribution in [3.05, 3.63) is 0 Å². The average molecular weight is 1020 g/mol. The van der Waals surface area contributed by atoms with Gasteiger partial charge in [-0.15, -0.1) is 0 Å². The summed E-state index contributed by atoms with van der Waals surface area (Å²) in [5.41, 5.74) is -1.55. The highest BCUT2D eigenvalue weighted by atomic mass is 16.6. The summed E-state index contributed by atoms with van der Waals surface area (Å²) in [4.78, 5) is 15.7. The Hall–Kier alpha value is -0.530. The number of rotatable bonds is 32. The van der Waals surface area contributed by atoms with Crippen LogP contribution in [0.4, 0.5) is 0 Å². The van der Waals surface area contributed by atoms with E-state index in [2.05, 4.69) is 222 Å². The third kappa shape index (κ3) is 8.25. The molecule has 2 bridgehead atoms. The third-order valence-corrected chi connectivity index (χ3v) is 32.4. The van der Waals surface area contributed by atoms with Gasteiger partial charge < -0.3 is 4.74 Å². The number of hydrogen-bond acceptors (Lipinski definition) is 2. The Morgan fingerprint density at radius 3 is 0.767 bits per heavy atom. The minimum absolute atomic E-state index is 0.0102. The Labute approximate surface area is 462 Å². The molecule has 0 aromatic rings. The molecule has 0 radical (unpaired) electrons. The molecule has 2 rings (SSSR count). The molecule has 0 saturated heterocycles. The largest absolute Gasteiger partial charge is 0.458 e. The summed E-state index contributed by atoms with van der Waals surface area (Å²) in [5.74, 6) is 1.32. The van der Waals surface area contributed by atoms with E-state index in [4.69, 9.17) is 4.74 Å². The van der Waals surface area contributed by atoms with Gasteiger partial charge in [-0.1, -0.05) is 221 Å². The summed E-state index contributed by atoms with van der Waals surface area (Å²) < 4.78 is 7.20. The Bertz CT molecular complexity index is 1810. The zero-order chi connectivity index (χ0) is 57.6. The van der Waals surface area contributed by atoms with E-state index in [1.54, 1.807) is 0 Å². The quantitative estimate of drug-likeness (QED) is 0.0628. The highest BCUT2D eigenvalue weighted by molar-refractivity contribution is 5.78. The first kappa shape index (κ1) is 68.6. The minimum atomic E-state index is -0.649. The van der Waals surface area contributed by atoms with Crippen molar-refractivity contribution in [2.24, 2.45) is 93.1 Å². The van der Waals surface area contributed by atoms with Gasteiger partial charge in [-0.25, -0.2) is 0 Å². The van der Waals surface area contributed by atoms with Crippen molar-refractivity contribution in [1.29, 1.82) is 0 Å². The highest BCUT2D eigenvalue weighted by Gasteiger charge is 2.76. The smallest absolute Gasteiger partial charge is 0.312 e. The van der Waals surface area contributed by atoms with Crippen molar-refractivity contribution < 1.29 is 9.53 Å². The second-order valence-corrected chi connectivity index (χ2v) is 30.2. The van der Waals surface area contributed by atoms with Crippen molar-refractivity contribution in [1.82, 2.24) is 0 Å². The molecule has 17 unspecified atom stereocenters. The number of fused-ring (bicyclic) bond motifs is 2. The fraction of sp³-hybridized carbons (Fsp3) is 0.986. The number of ether oxygens (including phenoxy) is 1. The third-order valence-electron chi connectivity index (χ3n) is 32.4. The first-order chi connectivity index (χ1) is 33.3. The van der Waals surface area contributed by atoms with Crippen LogP contribution in [0.2, 0.25) is 0 Å². The molecular weight excluding hydrogens is 885 g/mol. The molecule has 17 atom stereocenters. The van der Waals surface area contributed by atoms with Crippen molar-refractivity contribution in [3.8, 4) is 0 Å². The van der Waals surface area contributed by atoms with Crippen LogP contribution < -0.4 is 0 Å². The molecular formula is C71H138O2. The maximum Gasteiger partial charge on any atom is 0.312 e. The molecule has 0 aromatic heterocycles. The van der Waals surface area contributed by atoms with Gasteiger partial charge >= 0.3 is 5.97 Å². The molecule has 2 aliphatic rings. The minimum Gasteiger partial charge on any atom is -0.458 e. The molecule has 0 aliphatic heterocycles. The second kappa shape index (κ2) is 22.5. The van der Waals surface area contributed by atoms with Crippen molar-refractivity contribution in [2.75, 3.05) is 0 Å². The van der Waals surface area contributed by atoms with Crippen LogP contribution in [-0.4, -0.2) is 11.6 Å². The summed E-state index contributed by atoms with van der Waals surface area (Å²) in [5, 5.41) is 0. The molecule has 0 heterocycles. The summed E-state index contributed by atoms with van der Waals surface area (Å²) >= 11 is 0. The maximum atomic E-state index is 15.7. The van der Waals surface area contributed by atoms with E-state index in [1.165, 1.54) is 44.9 Å². The van der Waals surface area contributed by atoms with Crippen LogP contribution in [-0.2, 0) is 9.53 Å². The predicted octanol–water partition coefficient (Wildman–Crippen LogP) is 23.8. The predicted molar refractivity (Wildman–Crippen MR) is 326 cm³/mol. The highest BCUT2D eigenvalue weighted by Crippen LogP contribution is 2.83. The lowest BCUT2D eigenvalue weighted by Gasteiger charge is -2.78. The number of carbonyl (C=O) groups excluding carboxylic acids is 1. The summed E-state index contributed by atoms with van der Waals surface area (Å²) in [6.45, 7) is 83.9. The van der Waals surface area contributed by atoms with E-state index in [9.17, 15) is 0 Å². The van der Waals surface area contributed by atoms with Gasteiger partial charge in [0.2, 0.25) is 0 Å². The zero-order valence-corrected chi connectivity index (χ0v) is 56.6. The fourth-order valence-electron chi connectivity index (χ4n) is 22.8. The van der Waals surface area contributed by atoms with Crippen molar-refractivity contribution >= 4 is 5.97 Å². The Balaban J connectivity index is 3.28. The van der Waals surface area contributed by atoms with Crippen molar-refractivity contribution in [2.45, 2.75) is 356 Å². The van der Waals surface area contributed by atoms with Gasteiger partial charge in [0.05, 0.1) is 5.41 Å². The van der Waals surface area contributed by atoms with E-state index < -0.39 is 5.41 Å². The van der Waals surface area contributed by atoms with Gasteiger partial charge in [-0.05, 0) is 217 Å². The first-order valence-electron chi connectivity index (χ1n) is 32.5. The normalized spacial score (nSPS) is 30.3. The fourth-order valence-corrected chi connectivity index (χ4v) is 22.8. The topological polar surface area (TPSA) is 26.3 Å². The standard InChI is InChI=1S/C71H138O2/c1-33-56(17,18)58(20,35-3)60(22,37-5)62(24,39-7)64(26,41-9)66(28,43-11)68(30,45-13)70(32,47-15)69(31,46-14)67(29,44-12)65(27,42-10)63(25,40-8)61(23,38-6)59(21,36-4)57(19,34-2)55(72)73-71(48-16)52-53-49-50-54(71)51-53/h53-54H,33-52H2,1-32H3. The lowest BCUT2D eigenvalue weighted by atomic mass is 9.26. The summed E-state index contributed by atoms with van der Waals surface area (Å²) in [7, 11) is 0. The lowest BCUT2D eigenvalue weighted by Crippen LogP contribution is -2.72. The van der Waals surface area contributed by atoms with E-state index in [1.807, 2.05) is 0 Å². The van der Waals surface area contributed by atoms with Gasteiger partial charge in [0.25, 0.3) is 0 Å². The van der Waals surface area contributed by atoms with Gasteiger partial charge in [0.1, 0.15) is 5.60 Å². The molecule has 2 heteroatoms. The number of hydrogen-bond donors (Lipinski definition) is 0. The van der Waals surface area contributed by atoms with Crippen LogP contribution in [0.3, 0.4) is 0 Å². The van der Waals surface area contributed by atoms with Crippen LogP contribution >= 0.6 is 0 Å². The van der Waals surface area contributed by atoms with Crippen LogP contribution in [0.5, 0.6) is 0 Å². The average Bonchev–Trinajstić information content (AvgIpc) is 4.03. The van der Waals surface area contributed by atoms with Gasteiger partial charge in [-0.2, -0.15) is 0 Å².